The van der Waals surface area contributed by atoms with E-state index < -0.39 is 16.1 Å². The van der Waals surface area contributed by atoms with Gasteiger partial charge in [0.05, 0.1) is 18.8 Å². The number of furan rings is 1. The first-order valence-corrected chi connectivity index (χ1v) is 7.71. The SMILES string of the molecule is CC(NS(=O)(=O)c1cncc(C#CCN)c1)c1ccco1. The van der Waals surface area contributed by atoms with Gasteiger partial charge in [-0.1, -0.05) is 11.8 Å². The van der Waals surface area contributed by atoms with Crippen LogP contribution in [0.2, 0.25) is 0 Å². The van der Waals surface area contributed by atoms with Crippen molar-refractivity contribution in [1.29, 1.82) is 0 Å². The Bertz CT molecular complexity index is 758. The molecule has 0 saturated carbocycles. The Morgan fingerprint density at radius 2 is 2.29 bits per heavy atom. The molecule has 3 N–H and O–H groups in total. The summed E-state index contributed by atoms with van der Waals surface area (Å²) in [7, 11) is -3.70. The minimum absolute atomic E-state index is 0.0460. The topological polar surface area (TPSA) is 98.2 Å². The van der Waals surface area contributed by atoms with E-state index in [-0.39, 0.29) is 11.4 Å². The number of hydrogen-bond acceptors (Lipinski definition) is 5. The number of hydrogen-bond donors (Lipinski definition) is 2. The smallest absolute Gasteiger partial charge is 0.242 e. The average Bonchev–Trinajstić information content (AvgIpc) is 2.99. The molecule has 0 spiro atoms. The third kappa shape index (κ3) is 3.92. The zero-order valence-electron chi connectivity index (χ0n) is 11.4. The molecule has 1 unspecified atom stereocenters. The fourth-order valence-electron chi connectivity index (χ4n) is 1.68. The molecule has 2 aromatic heterocycles. The first-order valence-electron chi connectivity index (χ1n) is 6.22. The van der Waals surface area contributed by atoms with Gasteiger partial charge in [-0.2, -0.15) is 0 Å². The highest BCUT2D eigenvalue weighted by Gasteiger charge is 2.20. The van der Waals surface area contributed by atoms with Gasteiger partial charge in [0.1, 0.15) is 10.7 Å². The zero-order valence-corrected chi connectivity index (χ0v) is 12.2. The maximum Gasteiger partial charge on any atom is 0.242 e. The van der Waals surface area contributed by atoms with Crippen LogP contribution in [0.15, 0.2) is 46.2 Å². The number of nitrogens with one attached hydrogen (secondary N) is 1. The molecule has 0 aromatic carbocycles. The van der Waals surface area contributed by atoms with Crippen molar-refractivity contribution in [1.82, 2.24) is 9.71 Å². The summed E-state index contributed by atoms with van der Waals surface area (Å²) in [6, 6.07) is 4.37. The second-order valence-corrected chi connectivity index (χ2v) is 5.99. The monoisotopic (exact) mass is 305 g/mol. The Kier molecular flexibility index (Phi) is 4.75. The van der Waals surface area contributed by atoms with Gasteiger partial charge in [0.25, 0.3) is 0 Å². The standard InChI is InChI=1S/C14H15N3O3S/c1-11(14-5-3-7-20-14)17-21(18,19)13-8-12(4-2-6-15)9-16-10-13/h3,5,7-11,17H,6,15H2,1H3. The summed E-state index contributed by atoms with van der Waals surface area (Å²) in [6.45, 7) is 1.90. The minimum atomic E-state index is -3.70. The average molecular weight is 305 g/mol. The number of rotatable bonds is 4. The van der Waals surface area contributed by atoms with Crippen molar-refractivity contribution < 1.29 is 12.8 Å². The van der Waals surface area contributed by atoms with Crippen molar-refractivity contribution in [2.24, 2.45) is 5.73 Å². The molecule has 0 radical (unpaired) electrons. The number of sulfonamides is 1. The molecular weight excluding hydrogens is 290 g/mol. The van der Waals surface area contributed by atoms with Gasteiger partial charge in [0.2, 0.25) is 10.0 Å². The maximum atomic E-state index is 12.3. The van der Waals surface area contributed by atoms with Gasteiger partial charge in [0.15, 0.2) is 0 Å². The Labute approximate surface area is 123 Å². The van der Waals surface area contributed by atoms with Crippen LogP contribution in [0.5, 0.6) is 0 Å². The first-order chi connectivity index (χ1) is 10.0. The lowest BCUT2D eigenvalue weighted by atomic mass is 10.3. The minimum Gasteiger partial charge on any atom is -0.468 e. The van der Waals surface area contributed by atoms with E-state index in [2.05, 4.69) is 21.5 Å². The van der Waals surface area contributed by atoms with Crippen molar-refractivity contribution in [2.75, 3.05) is 6.54 Å². The summed E-state index contributed by atoms with van der Waals surface area (Å²) in [5.74, 6) is 5.94. The second-order valence-electron chi connectivity index (χ2n) is 4.27. The molecule has 0 bridgehead atoms. The lowest BCUT2D eigenvalue weighted by Gasteiger charge is -2.11. The van der Waals surface area contributed by atoms with Crippen molar-refractivity contribution in [3.8, 4) is 11.8 Å². The van der Waals surface area contributed by atoms with Gasteiger partial charge >= 0.3 is 0 Å². The van der Waals surface area contributed by atoms with Gasteiger partial charge in [0, 0.05) is 18.0 Å². The van der Waals surface area contributed by atoms with Crippen molar-refractivity contribution in [3.63, 3.8) is 0 Å². The van der Waals surface area contributed by atoms with Gasteiger partial charge in [-0.25, -0.2) is 13.1 Å². The van der Waals surface area contributed by atoms with Crippen LogP contribution in [0.25, 0.3) is 0 Å². The van der Waals surface area contributed by atoms with E-state index in [0.717, 1.165) is 0 Å². The van der Waals surface area contributed by atoms with Crippen LogP contribution < -0.4 is 10.5 Å². The van der Waals surface area contributed by atoms with E-state index in [1.54, 1.807) is 19.1 Å². The molecule has 0 saturated heterocycles. The molecule has 0 fully saturated rings. The number of nitrogens with zero attached hydrogens (tertiary/aromatic N) is 1. The molecule has 110 valence electrons. The number of aromatic nitrogens is 1. The largest absolute Gasteiger partial charge is 0.468 e. The zero-order chi connectivity index (χ0) is 15.3. The fraction of sp³-hybridized carbons (Fsp3) is 0.214. The van der Waals surface area contributed by atoms with Gasteiger partial charge in [-0.05, 0) is 25.1 Å². The number of pyridine rings is 1. The highest BCUT2D eigenvalue weighted by atomic mass is 32.2. The fourth-order valence-corrected chi connectivity index (χ4v) is 2.88. The van der Waals surface area contributed by atoms with Crippen molar-refractivity contribution in [3.05, 3.63) is 48.2 Å². The summed E-state index contributed by atoms with van der Waals surface area (Å²) in [4.78, 5) is 3.93. The summed E-state index contributed by atoms with van der Waals surface area (Å²) in [6.07, 6.45) is 4.24. The van der Waals surface area contributed by atoms with Crippen molar-refractivity contribution >= 4 is 10.0 Å². The molecule has 0 aliphatic carbocycles. The third-order valence-electron chi connectivity index (χ3n) is 2.66. The molecule has 7 heteroatoms. The van der Waals surface area contributed by atoms with E-state index in [4.69, 9.17) is 10.2 Å². The molecule has 2 rings (SSSR count). The Morgan fingerprint density at radius 1 is 1.48 bits per heavy atom. The molecule has 6 nitrogen and oxygen atoms in total. The number of nitrogens with two attached hydrogens (primary N) is 1. The molecule has 0 aliphatic rings. The highest BCUT2D eigenvalue weighted by molar-refractivity contribution is 7.89. The predicted octanol–water partition coefficient (Wildman–Crippen LogP) is 1.02. The van der Waals surface area contributed by atoms with Crippen LogP contribution in [0, 0.1) is 11.8 Å². The first kappa shape index (κ1) is 15.3. The van der Waals surface area contributed by atoms with Crippen LogP contribution >= 0.6 is 0 Å². The Morgan fingerprint density at radius 3 is 2.95 bits per heavy atom. The highest BCUT2D eigenvalue weighted by Crippen LogP contribution is 2.17. The van der Waals surface area contributed by atoms with E-state index >= 15 is 0 Å². The maximum absolute atomic E-state index is 12.3. The summed E-state index contributed by atoms with van der Waals surface area (Å²) in [5.41, 5.74) is 5.78. The summed E-state index contributed by atoms with van der Waals surface area (Å²) >= 11 is 0. The van der Waals surface area contributed by atoms with Gasteiger partial charge in [-0.3, -0.25) is 4.98 Å². The van der Waals surface area contributed by atoms with E-state index in [1.807, 2.05) is 0 Å². The Balaban J connectivity index is 2.23. The van der Waals surface area contributed by atoms with Gasteiger partial charge < -0.3 is 10.2 Å². The van der Waals surface area contributed by atoms with Crippen LogP contribution in [0.4, 0.5) is 0 Å². The second kappa shape index (κ2) is 6.54. The van der Waals surface area contributed by atoms with Gasteiger partial charge in [-0.15, -0.1) is 0 Å². The lowest BCUT2D eigenvalue weighted by molar-refractivity contribution is 0.459. The van der Waals surface area contributed by atoms with E-state index in [0.29, 0.717) is 11.3 Å². The molecule has 0 aliphatic heterocycles. The molecule has 21 heavy (non-hydrogen) atoms. The summed E-state index contributed by atoms with van der Waals surface area (Å²) < 4.78 is 32.3. The molecule has 0 amide bonds. The lowest BCUT2D eigenvalue weighted by Crippen LogP contribution is -2.26. The normalized spacial score (nSPS) is 12.5. The van der Waals surface area contributed by atoms with Crippen LogP contribution in [0.1, 0.15) is 24.3 Å². The molecular formula is C14H15N3O3S. The molecule has 1 atom stereocenters. The van der Waals surface area contributed by atoms with Crippen molar-refractivity contribution in [2.45, 2.75) is 17.9 Å². The predicted molar refractivity (Wildman–Crippen MR) is 77.6 cm³/mol. The summed E-state index contributed by atoms with van der Waals surface area (Å²) in [5, 5.41) is 0. The quantitative estimate of drug-likeness (QED) is 0.822. The molecule has 2 heterocycles. The van der Waals surface area contributed by atoms with Crippen LogP contribution in [0.3, 0.4) is 0 Å². The van der Waals surface area contributed by atoms with E-state index in [9.17, 15) is 8.42 Å². The van der Waals surface area contributed by atoms with E-state index in [1.165, 1.54) is 24.7 Å². The Hall–Kier alpha value is -2.14. The van der Waals surface area contributed by atoms with Crippen LogP contribution in [-0.4, -0.2) is 19.9 Å². The third-order valence-corrected chi connectivity index (χ3v) is 4.17. The molecule has 2 aromatic rings. The van der Waals surface area contributed by atoms with Crippen LogP contribution in [-0.2, 0) is 10.0 Å².